The summed E-state index contributed by atoms with van der Waals surface area (Å²) >= 11 is 5.97. The number of rotatable bonds is 3. The van der Waals surface area contributed by atoms with E-state index >= 15 is 0 Å². The zero-order valence-electron chi connectivity index (χ0n) is 14.0. The summed E-state index contributed by atoms with van der Waals surface area (Å²) in [5.74, 6) is 0.144. The fourth-order valence-corrected chi connectivity index (χ4v) is 2.92. The summed E-state index contributed by atoms with van der Waals surface area (Å²) < 4.78 is 11.0. The first-order valence-corrected chi connectivity index (χ1v) is 8.59. The lowest BCUT2D eigenvalue weighted by Gasteiger charge is -2.05. The Morgan fingerprint density at radius 3 is 2.56 bits per heavy atom. The summed E-state index contributed by atoms with van der Waals surface area (Å²) in [4.78, 5) is 24.7. The predicted octanol–water partition coefficient (Wildman–Crippen LogP) is 5.18. The maximum atomic E-state index is 12.5. The van der Waals surface area contributed by atoms with Crippen LogP contribution in [0.3, 0.4) is 0 Å². The molecular weight excluding hydrogens is 364 g/mol. The molecule has 0 saturated heterocycles. The number of benzene rings is 3. The van der Waals surface area contributed by atoms with Gasteiger partial charge in [-0.3, -0.25) is 4.79 Å². The number of carbonyl (C=O) groups excluding carboxylic acids is 2. The van der Waals surface area contributed by atoms with Crippen LogP contribution >= 0.6 is 11.6 Å². The standard InChI is InChI=1S/C22H13ClO4/c23-16-8-4-5-14(11-16)12-20-21(24)18-10-9-17(13-19(18)27-20)26-22(25)15-6-2-1-3-7-15/h1-13H/b20-12-. The van der Waals surface area contributed by atoms with Crippen LogP contribution in [0.2, 0.25) is 5.02 Å². The highest BCUT2D eigenvalue weighted by atomic mass is 35.5. The van der Waals surface area contributed by atoms with E-state index in [9.17, 15) is 9.59 Å². The molecule has 0 bridgehead atoms. The third kappa shape index (κ3) is 3.61. The van der Waals surface area contributed by atoms with Gasteiger partial charge in [0, 0.05) is 11.1 Å². The fourth-order valence-electron chi connectivity index (χ4n) is 2.72. The smallest absolute Gasteiger partial charge is 0.343 e. The topological polar surface area (TPSA) is 52.6 Å². The van der Waals surface area contributed by atoms with Gasteiger partial charge in [-0.05, 0) is 48.0 Å². The molecule has 132 valence electrons. The average Bonchev–Trinajstić information content (AvgIpc) is 2.97. The van der Waals surface area contributed by atoms with Gasteiger partial charge in [-0.1, -0.05) is 41.9 Å². The van der Waals surface area contributed by atoms with E-state index in [4.69, 9.17) is 21.1 Å². The van der Waals surface area contributed by atoms with Crippen molar-refractivity contribution in [1.29, 1.82) is 0 Å². The zero-order valence-corrected chi connectivity index (χ0v) is 14.8. The Labute approximate surface area is 160 Å². The Morgan fingerprint density at radius 1 is 0.963 bits per heavy atom. The minimum atomic E-state index is -0.477. The molecule has 0 saturated carbocycles. The highest BCUT2D eigenvalue weighted by Crippen LogP contribution is 2.35. The number of hydrogen-bond acceptors (Lipinski definition) is 4. The fraction of sp³-hybridized carbons (Fsp3) is 0. The van der Waals surface area contributed by atoms with E-state index in [2.05, 4.69) is 0 Å². The molecule has 0 spiro atoms. The van der Waals surface area contributed by atoms with Crippen molar-refractivity contribution in [1.82, 2.24) is 0 Å². The summed E-state index contributed by atoms with van der Waals surface area (Å²) in [6.07, 6.45) is 1.63. The number of ether oxygens (including phenoxy) is 2. The highest BCUT2D eigenvalue weighted by Gasteiger charge is 2.28. The Balaban J connectivity index is 1.57. The minimum Gasteiger partial charge on any atom is -0.452 e. The quantitative estimate of drug-likeness (QED) is 0.359. The van der Waals surface area contributed by atoms with Gasteiger partial charge in [0.25, 0.3) is 0 Å². The average molecular weight is 377 g/mol. The summed E-state index contributed by atoms with van der Waals surface area (Å²) in [6.45, 7) is 0. The first-order valence-electron chi connectivity index (χ1n) is 8.21. The van der Waals surface area contributed by atoms with Gasteiger partial charge >= 0.3 is 5.97 Å². The van der Waals surface area contributed by atoms with Crippen LogP contribution in [0.4, 0.5) is 0 Å². The number of hydrogen-bond donors (Lipinski definition) is 0. The second-order valence-corrected chi connectivity index (χ2v) is 6.34. The van der Waals surface area contributed by atoms with Crippen molar-refractivity contribution in [2.24, 2.45) is 0 Å². The van der Waals surface area contributed by atoms with Crippen LogP contribution in [0.5, 0.6) is 11.5 Å². The lowest BCUT2D eigenvalue weighted by atomic mass is 10.1. The number of carbonyl (C=O) groups is 2. The number of halogens is 1. The van der Waals surface area contributed by atoms with Crippen molar-refractivity contribution >= 4 is 29.4 Å². The van der Waals surface area contributed by atoms with Crippen molar-refractivity contribution in [2.75, 3.05) is 0 Å². The third-order valence-electron chi connectivity index (χ3n) is 4.01. The lowest BCUT2D eigenvalue weighted by molar-refractivity contribution is 0.0734. The van der Waals surface area contributed by atoms with Crippen LogP contribution in [-0.2, 0) is 0 Å². The van der Waals surface area contributed by atoms with Gasteiger partial charge in [0.2, 0.25) is 5.78 Å². The number of allylic oxidation sites excluding steroid dienone is 1. The monoisotopic (exact) mass is 376 g/mol. The van der Waals surface area contributed by atoms with Gasteiger partial charge in [-0.2, -0.15) is 0 Å². The van der Waals surface area contributed by atoms with E-state index in [-0.39, 0.29) is 11.5 Å². The molecule has 0 fully saturated rings. The molecule has 0 unspecified atom stereocenters. The summed E-state index contributed by atoms with van der Waals surface area (Å²) in [5, 5.41) is 0.572. The molecule has 27 heavy (non-hydrogen) atoms. The van der Waals surface area contributed by atoms with Crippen LogP contribution in [0, 0.1) is 0 Å². The second-order valence-electron chi connectivity index (χ2n) is 5.91. The van der Waals surface area contributed by atoms with E-state index in [1.54, 1.807) is 60.7 Å². The maximum absolute atomic E-state index is 12.5. The van der Waals surface area contributed by atoms with Crippen molar-refractivity contribution in [2.45, 2.75) is 0 Å². The molecular formula is C22H13ClO4. The van der Waals surface area contributed by atoms with Crippen LogP contribution in [0.25, 0.3) is 6.08 Å². The van der Waals surface area contributed by atoms with E-state index in [1.165, 1.54) is 6.07 Å². The molecule has 0 N–H and O–H groups in total. The van der Waals surface area contributed by atoms with Gasteiger partial charge in [-0.15, -0.1) is 0 Å². The normalized spacial score (nSPS) is 14.0. The van der Waals surface area contributed by atoms with Gasteiger partial charge in [0.05, 0.1) is 11.1 Å². The summed E-state index contributed by atoms with van der Waals surface area (Å²) in [5.41, 5.74) is 1.62. The van der Waals surface area contributed by atoms with Crippen molar-refractivity contribution in [3.63, 3.8) is 0 Å². The first kappa shape index (κ1) is 17.1. The van der Waals surface area contributed by atoms with Gasteiger partial charge < -0.3 is 9.47 Å². The van der Waals surface area contributed by atoms with Crippen molar-refractivity contribution < 1.29 is 19.1 Å². The summed E-state index contributed by atoms with van der Waals surface area (Å²) in [7, 11) is 0. The highest BCUT2D eigenvalue weighted by molar-refractivity contribution is 6.30. The molecule has 3 aromatic rings. The zero-order chi connectivity index (χ0) is 18.8. The number of fused-ring (bicyclic) bond motifs is 1. The molecule has 1 aliphatic heterocycles. The second kappa shape index (κ2) is 7.09. The van der Waals surface area contributed by atoms with Gasteiger partial charge in [0.1, 0.15) is 11.5 Å². The molecule has 4 rings (SSSR count). The van der Waals surface area contributed by atoms with Crippen LogP contribution < -0.4 is 9.47 Å². The molecule has 0 atom stereocenters. The number of esters is 1. The van der Waals surface area contributed by atoms with E-state index in [0.29, 0.717) is 27.6 Å². The van der Waals surface area contributed by atoms with Gasteiger partial charge in [-0.25, -0.2) is 4.79 Å². The number of Topliss-reactive ketones (excluding diaryl/α,β-unsaturated/α-hetero) is 1. The van der Waals surface area contributed by atoms with E-state index in [0.717, 1.165) is 5.56 Å². The SMILES string of the molecule is O=C(Oc1ccc2c(c1)O/C(=C\c1cccc(Cl)c1)C2=O)c1ccccc1. The Bertz CT molecular complexity index is 1070. The first-order chi connectivity index (χ1) is 13.1. The predicted molar refractivity (Wildman–Crippen MR) is 102 cm³/mol. The van der Waals surface area contributed by atoms with Crippen LogP contribution in [0.1, 0.15) is 26.3 Å². The van der Waals surface area contributed by atoms with E-state index in [1.807, 2.05) is 12.1 Å². The number of ketones is 1. The largest absolute Gasteiger partial charge is 0.452 e. The molecule has 3 aromatic carbocycles. The van der Waals surface area contributed by atoms with Crippen molar-refractivity contribution in [3.8, 4) is 11.5 Å². The van der Waals surface area contributed by atoms with Crippen LogP contribution in [-0.4, -0.2) is 11.8 Å². The molecule has 4 nitrogen and oxygen atoms in total. The molecule has 0 aromatic heterocycles. The molecule has 0 amide bonds. The third-order valence-corrected chi connectivity index (χ3v) is 4.24. The molecule has 1 heterocycles. The molecule has 5 heteroatoms. The lowest BCUT2D eigenvalue weighted by Crippen LogP contribution is -2.08. The molecule has 1 aliphatic rings. The minimum absolute atomic E-state index is 0.193. The Hall–Kier alpha value is -3.37. The Kier molecular flexibility index (Phi) is 4.48. The van der Waals surface area contributed by atoms with Gasteiger partial charge in [0.15, 0.2) is 5.76 Å². The molecule has 0 aliphatic carbocycles. The Morgan fingerprint density at radius 2 is 1.78 bits per heavy atom. The van der Waals surface area contributed by atoms with Crippen molar-refractivity contribution in [3.05, 3.63) is 100 Å². The maximum Gasteiger partial charge on any atom is 0.343 e. The van der Waals surface area contributed by atoms with Crippen LogP contribution in [0.15, 0.2) is 78.6 Å². The molecule has 0 radical (unpaired) electrons. The van der Waals surface area contributed by atoms with E-state index < -0.39 is 5.97 Å². The summed E-state index contributed by atoms with van der Waals surface area (Å²) in [6, 6.07) is 20.5.